The average molecular weight is 218 g/mol. The van der Waals surface area contributed by atoms with Crippen molar-refractivity contribution in [2.24, 2.45) is 0 Å². The van der Waals surface area contributed by atoms with Crippen LogP contribution < -0.4 is 4.90 Å². The molecule has 0 unspecified atom stereocenters. The van der Waals surface area contributed by atoms with Gasteiger partial charge in [0.1, 0.15) is 0 Å². The van der Waals surface area contributed by atoms with Crippen LogP contribution in [0.2, 0.25) is 0 Å². The van der Waals surface area contributed by atoms with E-state index in [9.17, 15) is 0 Å². The molecule has 1 aromatic carbocycles. The van der Waals surface area contributed by atoms with Crippen LogP contribution in [0.1, 0.15) is 18.1 Å². The molecule has 0 spiro atoms. The van der Waals surface area contributed by atoms with E-state index < -0.39 is 0 Å². The second-order valence-electron chi connectivity index (χ2n) is 4.71. The number of hydrogen-bond donors (Lipinski definition) is 0. The number of anilines is 1. The summed E-state index contributed by atoms with van der Waals surface area (Å²) in [6.07, 6.45) is 0. The fourth-order valence-electron chi connectivity index (χ4n) is 2.37. The van der Waals surface area contributed by atoms with E-state index in [0.29, 0.717) is 0 Å². The second-order valence-corrected chi connectivity index (χ2v) is 4.71. The van der Waals surface area contributed by atoms with Gasteiger partial charge in [-0.15, -0.1) is 0 Å². The standard InChI is InChI=1S/C14H22N2/c1-4-15-7-9-16(10-8-15)14-11-12(2)5-6-13(14)3/h5-6,11H,4,7-10H2,1-3H3. The summed E-state index contributed by atoms with van der Waals surface area (Å²) < 4.78 is 0. The molecule has 1 aliphatic rings. The minimum absolute atomic E-state index is 1.16. The molecule has 1 aromatic rings. The van der Waals surface area contributed by atoms with Gasteiger partial charge in [0.2, 0.25) is 0 Å². The first-order valence-electron chi connectivity index (χ1n) is 6.25. The van der Waals surface area contributed by atoms with Gasteiger partial charge in [-0.25, -0.2) is 0 Å². The molecule has 0 aromatic heterocycles. The number of likely N-dealkylation sites (N-methyl/N-ethyl adjacent to an activating group) is 1. The lowest BCUT2D eigenvalue weighted by molar-refractivity contribution is 0.271. The van der Waals surface area contributed by atoms with Crippen LogP contribution in [0.5, 0.6) is 0 Å². The molecular weight excluding hydrogens is 196 g/mol. The summed E-state index contributed by atoms with van der Waals surface area (Å²) in [6, 6.07) is 6.74. The summed E-state index contributed by atoms with van der Waals surface area (Å²) >= 11 is 0. The van der Waals surface area contributed by atoms with E-state index >= 15 is 0 Å². The predicted molar refractivity (Wildman–Crippen MR) is 70.2 cm³/mol. The lowest BCUT2D eigenvalue weighted by atomic mass is 10.1. The normalized spacial score (nSPS) is 17.8. The third-order valence-corrected chi connectivity index (χ3v) is 3.52. The van der Waals surface area contributed by atoms with Gasteiger partial charge >= 0.3 is 0 Å². The van der Waals surface area contributed by atoms with Crippen molar-refractivity contribution < 1.29 is 0 Å². The monoisotopic (exact) mass is 218 g/mol. The summed E-state index contributed by atoms with van der Waals surface area (Å²) in [7, 11) is 0. The average Bonchev–Trinajstić information content (AvgIpc) is 2.32. The highest BCUT2D eigenvalue weighted by Gasteiger charge is 2.16. The van der Waals surface area contributed by atoms with Gasteiger partial charge in [-0.05, 0) is 37.6 Å². The Kier molecular flexibility index (Phi) is 3.49. The van der Waals surface area contributed by atoms with E-state index in [1.54, 1.807) is 0 Å². The van der Waals surface area contributed by atoms with Gasteiger partial charge in [0.15, 0.2) is 0 Å². The Morgan fingerprint density at radius 3 is 2.38 bits per heavy atom. The van der Waals surface area contributed by atoms with Crippen molar-refractivity contribution in [1.29, 1.82) is 0 Å². The lowest BCUT2D eigenvalue weighted by Crippen LogP contribution is -2.46. The lowest BCUT2D eigenvalue weighted by Gasteiger charge is -2.36. The Morgan fingerprint density at radius 1 is 1.06 bits per heavy atom. The Balaban J connectivity index is 2.10. The Bertz CT molecular complexity index is 352. The summed E-state index contributed by atoms with van der Waals surface area (Å²) in [4.78, 5) is 5.04. The van der Waals surface area contributed by atoms with Crippen molar-refractivity contribution in [2.45, 2.75) is 20.8 Å². The number of hydrogen-bond acceptors (Lipinski definition) is 2. The first-order chi connectivity index (χ1) is 7.70. The molecule has 0 aliphatic carbocycles. The maximum absolute atomic E-state index is 2.52. The SMILES string of the molecule is CCN1CCN(c2cc(C)ccc2C)CC1. The fourth-order valence-corrected chi connectivity index (χ4v) is 2.37. The molecule has 88 valence electrons. The quantitative estimate of drug-likeness (QED) is 0.752. The highest BCUT2D eigenvalue weighted by Crippen LogP contribution is 2.22. The van der Waals surface area contributed by atoms with Gasteiger partial charge in [0.25, 0.3) is 0 Å². The molecule has 1 aliphatic heterocycles. The molecule has 1 saturated heterocycles. The second kappa shape index (κ2) is 4.88. The van der Waals surface area contributed by atoms with Gasteiger partial charge in [-0.1, -0.05) is 19.1 Å². The Morgan fingerprint density at radius 2 is 1.75 bits per heavy atom. The molecule has 0 saturated carbocycles. The van der Waals surface area contributed by atoms with Crippen LogP contribution in [-0.4, -0.2) is 37.6 Å². The first-order valence-corrected chi connectivity index (χ1v) is 6.25. The molecule has 2 rings (SSSR count). The van der Waals surface area contributed by atoms with E-state index in [1.165, 1.54) is 36.4 Å². The van der Waals surface area contributed by atoms with E-state index in [4.69, 9.17) is 0 Å². The maximum Gasteiger partial charge on any atom is 0.0399 e. The van der Waals surface area contributed by atoms with Crippen LogP contribution in [-0.2, 0) is 0 Å². The highest BCUT2D eigenvalue weighted by atomic mass is 15.3. The molecule has 0 N–H and O–H groups in total. The molecule has 1 heterocycles. The minimum atomic E-state index is 1.16. The molecule has 0 bridgehead atoms. The van der Waals surface area contributed by atoms with Crippen LogP contribution in [0.25, 0.3) is 0 Å². The topological polar surface area (TPSA) is 6.48 Å². The molecule has 2 heteroatoms. The van der Waals surface area contributed by atoms with Crippen molar-refractivity contribution in [1.82, 2.24) is 4.90 Å². The van der Waals surface area contributed by atoms with Crippen LogP contribution in [0.3, 0.4) is 0 Å². The van der Waals surface area contributed by atoms with Gasteiger partial charge in [-0.2, -0.15) is 0 Å². The van der Waals surface area contributed by atoms with Crippen molar-refractivity contribution in [2.75, 3.05) is 37.6 Å². The third kappa shape index (κ3) is 2.38. The summed E-state index contributed by atoms with van der Waals surface area (Å²) in [5.41, 5.74) is 4.19. The predicted octanol–water partition coefficient (Wildman–Crippen LogP) is 2.45. The van der Waals surface area contributed by atoms with Crippen LogP contribution in [0.4, 0.5) is 5.69 Å². The van der Waals surface area contributed by atoms with Gasteiger partial charge in [-0.3, -0.25) is 0 Å². The van der Waals surface area contributed by atoms with E-state index in [1.807, 2.05) is 0 Å². The number of aryl methyl sites for hydroxylation is 2. The van der Waals surface area contributed by atoms with Crippen LogP contribution >= 0.6 is 0 Å². The van der Waals surface area contributed by atoms with Crippen molar-refractivity contribution in [3.63, 3.8) is 0 Å². The Labute approximate surface area is 98.9 Å². The molecule has 0 atom stereocenters. The molecule has 0 amide bonds. The third-order valence-electron chi connectivity index (χ3n) is 3.52. The fraction of sp³-hybridized carbons (Fsp3) is 0.571. The largest absolute Gasteiger partial charge is 0.369 e. The van der Waals surface area contributed by atoms with E-state index in [0.717, 1.165) is 13.1 Å². The van der Waals surface area contributed by atoms with Crippen molar-refractivity contribution in [3.05, 3.63) is 29.3 Å². The number of rotatable bonds is 2. The molecular formula is C14H22N2. The zero-order valence-electron chi connectivity index (χ0n) is 10.7. The van der Waals surface area contributed by atoms with Crippen molar-refractivity contribution >= 4 is 5.69 Å². The molecule has 0 radical (unpaired) electrons. The number of piperazine rings is 1. The zero-order chi connectivity index (χ0) is 11.5. The van der Waals surface area contributed by atoms with E-state index in [-0.39, 0.29) is 0 Å². The zero-order valence-corrected chi connectivity index (χ0v) is 10.7. The summed E-state index contributed by atoms with van der Waals surface area (Å²) in [5.74, 6) is 0. The minimum Gasteiger partial charge on any atom is -0.369 e. The van der Waals surface area contributed by atoms with Crippen LogP contribution in [0, 0.1) is 13.8 Å². The summed E-state index contributed by atoms with van der Waals surface area (Å²) in [6.45, 7) is 12.5. The van der Waals surface area contributed by atoms with Gasteiger partial charge in [0.05, 0.1) is 0 Å². The smallest absolute Gasteiger partial charge is 0.0399 e. The summed E-state index contributed by atoms with van der Waals surface area (Å²) in [5, 5.41) is 0. The Hall–Kier alpha value is -1.02. The van der Waals surface area contributed by atoms with E-state index in [2.05, 4.69) is 48.8 Å². The number of nitrogens with zero attached hydrogens (tertiary/aromatic N) is 2. The van der Waals surface area contributed by atoms with Crippen molar-refractivity contribution in [3.8, 4) is 0 Å². The van der Waals surface area contributed by atoms with Gasteiger partial charge < -0.3 is 9.80 Å². The first kappa shape index (κ1) is 11.5. The highest BCUT2D eigenvalue weighted by molar-refractivity contribution is 5.55. The van der Waals surface area contributed by atoms with Crippen LogP contribution in [0.15, 0.2) is 18.2 Å². The molecule has 2 nitrogen and oxygen atoms in total. The molecule has 1 fully saturated rings. The number of benzene rings is 1. The maximum atomic E-state index is 2.52. The molecule has 16 heavy (non-hydrogen) atoms. The van der Waals surface area contributed by atoms with Gasteiger partial charge in [0, 0.05) is 31.9 Å².